The zero-order valence-corrected chi connectivity index (χ0v) is 8.60. The predicted molar refractivity (Wildman–Crippen MR) is 50.3 cm³/mol. The van der Waals surface area contributed by atoms with Crippen molar-refractivity contribution in [2.75, 3.05) is 6.61 Å². The van der Waals surface area contributed by atoms with Crippen LogP contribution in [0.3, 0.4) is 0 Å². The molecule has 4 heteroatoms. The molecule has 0 bridgehead atoms. The van der Waals surface area contributed by atoms with Gasteiger partial charge in [0.1, 0.15) is 18.2 Å². The SMILES string of the molecule is CC(=O)COc1ccc(F)cc1Br. The summed E-state index contributed by atoms with van der Waals surface area (Å²) in [5.41, 5.74) is 0. The smallest absolute Gasteiger partial charge is 0.167 e. The highest BCUT2D eigenvalue weighted by Crippen LogP contribution is 2.25. The Bertz CT molecular complexity index is 325. The van der Waals surface area contributed by atoms with E-state index in [0.717, 1.165) is 0 Å². The first kappa shape index (κ1) is 10.2. The molecule has 2 nitrogen and oxygen atoms in total. The molecule has 0 unspecified atom stereocenters. The van der Waals surface area contributed by atoms with E-state index < -0.39 is 0 Å². The van der Waals surface area contributed by atoms with Gasteiger partial charge in [-0.1, -0.05) is 0 Å². The van der Waals surface area contributed by atoms with E-state index >= 15 is 0 Å². The molecule has 13 heavy (non-hydrogen) atoms. The molecule has 0 saturated heterocycles. The molecule has 0 spiro atoms. The monoisotopic (exact) mass is 246 g/mol. The second kappa shape index (κ2) is 4.37. The molecule has 0 atom stereocenters. The minimum absolute atomic E-state index is 0.00420. The molecule has 0 aromatic heterocycles. The molecule has 70 valence electrons. The highest BCUT2D eigenvalue weighted by atomic mass is 79.9. The van der Waals surface area contributed by atoms with Gasteiger partial charge in [-0.3, -0.25) is 4.79 Å². The molecule has 0 amide bonds. The van der Waals surface area contributed by atoms with Crippen LogP contribution in [0.4, 0.5) is 4.39 Å². The first-order valence-electron chi connectivity index (χ1n) is 3.67. The Morgan fingerprint density at radius 1 is 1.62 bits per heavy atom. The number of Topliss-reactive ketones (excluding diaryl/α,β-unsaturated/α-hetero) is 1. The van der Waals surface area contributed by atoms with Gasteiger partial charge in [-0.25, -0.2) is 4.39 Å². The van der Waals surface area contributed by atoms with Crippen LogP contribution in [-0.4, -0.2) is 12.4 Å². The zero-order chi connectivity index (χ0) is 9.84. The van der Waals surface area contributed by atoms with Crippen molar-refractivity contribution in [3.8, 4) is 5.75 Å². The maximum absolute atomic E-state index is 12.6. The number of benzene rings is 1. The minimum Gasteiger partial charge on any atom is -0.485 e. The average Bonchev–Trinajstić information content (AvgIpc) is 2.02. The van der Waals surface area contributed by atoms with Crippen molar-refractivity contribution < 1.29 is 13.9 Å². The van der Waals surface area contributed by atoms with Gasteiger partial charge in [0, 0.05) is 0 Å². The van der Waals surface area contributed by atoms with Gasteiger partial charge >= 0.3 is 0 Å². The van der Waals surface area contributed by atoms with E-state index in [0.29, 0.717) is 10.2 Å². The molecule has 0 aliphatic rings. The molecule has 0 heterocycles. The molecule has 0 saturated carbocycles. The summed E-state index contributed by atoms with van der Waals surface area (Å²) in [7, 11) is 0. The third-order valence-electron chi connectivity index (χ3n) is 1.32. The molecule has 0 fully saturated rings. The quantitative estimate of drug-likeness (QED) is 0.820. The van der Waals surface area contributed by atoms with Crippen molar-refractivity contribution in [1.82, 2.24) is 0 Å². The van der Waals surface area contributed by atoms with E-state index in [2.05, 4.69) is 15.9 Å². The summed E-state index contributed by atoms with van der Waals surface area (Å²) >= 11 is 3.12. The first-order valence-corrected chi connectivity index (χ1v) is 4.46. The fourth-order valence-corrected chi connectivity index (χ4v) is 1.24. The van der Waals surface area contributed by atoms with Gasteiger partial charge in [0.25, 0.3) is 0 Å². The number of hydrogen-bond acceptors (Lipinski definition) is 2. The molecule has 0 N–H and O–H groups in total. The van der Waals surface area contributed by atoms with Crippen LogP contribution >= 0.6 is 15.9 Å². The lowest BCUT2D eigenvalue weighted by molar-refractivity contribution is -0.118. The number of rotatable bonds is 3. The van der Waals surface area contributed by atoms with E-state index in [-0.39, 0.29) is 18.2 Å². The highest BCUT2D eigenvalue weighted by molar-refractivity contribution is 9.10. The summed E-state index contributed by atoms with van der Waals surface area (Å²) in [5.74, 6) is 0.0508. The summed E-state index contributed by atoms with van der Waals surface area (Å²) in [4.78, 5) is 10.6. The molecule has 1 aromatic rings. The summed E-state index contributed by atoms with van der Waals surface area (Å²) in [5, 5.41) is 0. The third-order valence-corrected chi connectivity index (χ3v) is 1.94. The molecular formula is C9H8BrFO2. The van der Waals surface area contributed by atoms with Crippen LogP contribution in [0.2, 0.25) is 0 Å². The Balaban J connectivity index is 2.72. The van der Waals surface area contributed by atoms with E-state index in [1.807, 2.05) is 0 Å². The van der Waals surface area contributed by atoms with E-state index in [9.17, 15) is 9.18 Å². The van der Waals surface area contributed by atoms with Crippen LogP contribution in [0, 0.1) is 5.82 Å². The molecular weight excluding hydrogens is 239 g/mol. The standard InChI is InChI=1S/C9H8BrFO2/c1-6(12)5-13-9-3-2-7(11)4-8(9)10/h2-4H,5H2,1H3. The third kappa shape index (κ3) is 3.14. The van der Waals surface area contributed by atoms with Crippen LogP contribution in [-0.2, 0) is 4.79 Å². The van der Waals surface area contributed by atoms with Gasteiger partial charge in [0.15, 0.2) is 5.78 Å². The Hall–Kier alpha value is -0.900. The maximum Gasteiger partial charge on any atom is 0.167 e. The van der Waals surface area contributed by atoms with Crippen molar-refractivity contribution in [3.05, 3.63) is 28.5 Å². The number of halogens is 2. The Morgan fingerprint density at radius 3 is 2.85 bits per heavy atom. The van der Waals surface area contributed by atoms with Gasteiger partial charge in [0.05, 0.1) is 4.47 Å². The summed E-state index contributed by atoms with van der Waals surface area (Å²) in [6, 6.07) is 4.04. The lowest BCUT2D eigenvalue weighted by Gasteiger charge is -2.05. The fourth-order valence-electron chi connectivity index (χ4n) is 0.772. The van der Waals surface area contributed by atoms with Crippen LogP contribution in [0.15, 0.2) is 22.7 Å². The topological polar surface area (TPSA) is 26.3 Å². The fraction of sp³-hybridized carbons (Fsp3) is 0.222. The van der Waals surface area contributed by atoms with Gasteiger partial charge in [-0.2, -0.15) is 0 Å². The van der Waals surface area contributed by atoms with Gasteiger partial charge < -0.3 is 4.74 Å². The molecule has 0 aliphatic heterocycles. The highest BCUT2D eigenvalue weighted by Gasteiger charge is 2.03. The molecule has 1 rings (SSSR count). The number of ether oxygens (including phenoxy) is 1. The van der Waals surface area contributed by atoms with Crippen molar-refractivity contribution in [1.29, 1.82) is 0 Å². The largest absolute Gasteiger partial charge is 0.485 e. The summed E-state index contributed by atoms with van der Waals surface area (Å²) in [6.45, 7) is 1.43. The van der Waals surface area contributed by atoms with E-state index in [1.165, 1.54) is 25.1 Å². The van der Waals surface area contributed by atoms with Gasteiger partial charge in [-0.15, -0.1) is 0 Å². The van der Waals surface area contributed by atoms with Crippen LogP contribution in [0.1, 0.15) is 6.92 Å². The average molecular weight is 247 g/mol. The molecule has 0 aliphatic carbocycles. The second-order valence-corrected chi connectivity index (χ2v) is 3.42. The lowest BCUT2D eigenvalue weighted by atomic mass is 10.3. The van der Waals surface area contributed by atoms with Crippen LogP contribution in [0.5, 0.6) is 5.75 Å². The van der Waals surface area contributed by atoms with Crippen molar-refractivity contribution in [2.45, 2.75) is 6.92 Å². The van der Waals surface area contributed by atoms with Gasteiger partial charge in [0.2, 0.25) is 0 Å². The summed E-state index contributed by atoms with van der Waals surface area (Å²) in [6.07, 6.45) is 0. The Morgan fingerprint density at radius 2 is 2.31 bits per heavy atom. The van der Waals surface area contributed by atoms with Crippen molar-refractivity contribution in [2.24, 2.45) is 0 Å². The Labute approximate surface area is 83.8 Å². The maximum atomic E-state index is 12.6. The van der Waals surface area contributed by atoms with E-state index in [4.69, 9.17) is 4.74 Å². The van der Waals surface area contributed by atoms with Crippen LogP contribution in [0.25, 0.3) is 0 Å². The second-order valence-electron chi connectivity index (χ2n) is 2.57. The lowest BCUT2D eigenvalue weighted by Crippen LogP contribution is -2.06. The number of hydrogen-bond donors (Lipinski definition) is 0. The van der Waals surface area contributed by atoms with Crippen molar-refractivity contribution in [3.63, 3.8) is 0 Å². The van der Waals surface area contributed by atoms with Crippen LogP contribution < -0.4 is 4.74 Å². The molecule has 0 radical (unpaired) electrons. The predicted octanol–water partition coefficient (Wildman–Crippen LogP) is 2.56. The van der Waals surface area contributed by atoms with E-state index in [1.54, 1.807) is 0 Å². The summed E-state index contributed by atoms with van der Waals surface area (Å²) < 4.78 is 18.2. The number of carbonyl (C=O) groups is 1. The van der Waals surface area contributed by atoms with Crippen molar-refractivity contribution >= 4 is 21.7 Å². The zero-order valence-electron chi connectivity index (χ0n) is 7.01. The first-order chi connectivity index (χ1) is 6.09. The normalized spacial score (nSPS) is 9.77. The minimum atomic E-state index is -0.345. The number of carbonyl (C=O) groups excluding carboxylic acids is 1. The number of ketones is 1. The van der Waals surface area contributed by atoms with Gasteiger partial charge in [-0.05, 0) is 41.1 Å². The Kier molecular flexibility index (Phi) is 3.42. The molecule has 1 aromatic carbocycles.